The van der Waals surface area contributed by atoms with Gasteiger partial charge in [0.1, 0.15) is 11.6 Å². The first-order chi connectivity index (χ1) is 9.29. The van der Waals surface area contributed by atoms with Crippen molar-refractivity contribution < 1.29 is 22.7 Å². The Kier molecular flexibility index (Phi) is 3.60. The number of aliphatic carboxylic acids is 1. The molecule has 2 aromatic rings. The van der Waals surface area contributed by atoms with Gasteiger partial charge in [-0.3, -0.25) is 4.79 Å². The van der Waals surface area contributed by atoms with Crippen LogP contribution in [0.2, 0.25) is 0 Å². The maximum atomic E-state index is 12.0. The number of carboxylic acids is 1. The van der Waals surface area contributed by atoms with Gasteiger partial charge in [-0.15, -0.1) is 0 Å². The summed E-state index contributed by atoms with van der Waals surface area (Å²) in [7, 11) is -3.96. The molecule has 1 aromatic carbocycles. The lowest BCUT2D eigenvalue weighted by Crippen LogP contribution is -2.38. The van der Waals surface area contributed by atoms with Crippen molar-refractivity contribution in [1.29, 1.82) is 0 Å². The van der Waals surface area contributed by atoms with Crippen molar-refractivity contribution >= 4 is 27.0 Å². The molecule has 7 nitrogen and oxygen atoms in total. The fourth-order valence-corrected chi connectivity index (χ4v) is 2.80. The minimum Gasteiger partial charge on any atom is -0.480 e. The van der Waals surface area contributed by atoms with Crippen molar-refractivity contribution in [2.24, 2.45) is 0 Å². The summed E-state index contributed by atoms with van der Waals surface area (Å²) in [5.74, 6) is -1.28. The van der Waals surface area contributed by atoms with Crippen molar-refractivity contribution in [3.63, 3.8) is 0 Å². The molecule has 20 heavy (non-hydrogen) atoms. The van der Waals surface area contributed by atoms with Gasteiger partial charge >= 0.3 is 11.6 Å². The van der Waals surface area contributed by atoms with Crippen LogP contribution in [0.15, 0.2) is 44.4 Å². The second-order valence-corrected chi connectivity index (χ2v) is 5.85. The van der Waals surface area contributed by atoms with Gasteiger partial charge in [-0.25, -0.2) is 13.2 Å². The standard InChI is InChI=1S/C12H11NO6S/c1-7(12(15)16)13-20(17,18)9-3-4-10-8(6-9)2-5-11(14)19-10/h2-7,13H,1H3,(H,15,16). The molecule has 0 fully saturated rings. The Morgan fingerprint density at radius 3 is 2.65 bits per heavy atom. The third kappa shape index (κ3) is 2.86. The number of hydrogen-bond acceptors (Lipinski definition) is 5. The highest BCUT2D eigenvalue weighted by Crippen LogP contribution is 2.17. The van der Waals surface area contributed by atoms with Crippen molar-refractivity contribution in [3.8, 4) is 0 Å². The molecule has 1 heterocycles. The van der Waals surface area contributed by atoms with E-state index in [1.165, 1.54) is 37.3 Å². The van der Waals surface area contributed by atoms with E-state index >= 15 is 0 Å². The van der Waals surface area contributed by atoms with Crippen LogP contribution in [-0.4, -0.2) is 25.5 Å². The lowest BCUT2D eigenvalue weighted by Gasteiger charge is -2.10. The van der Waals surface area contributed by atoms with E-state index < -0.39 is 27.7 Å². The smallest absolute Gasteiger partial charge is 0.336 e. The highest BCUT2D eigenvalue weighted by molar-refractivity contribution is 7.89. The van der Waals surface area contributed by atoms with Crippen LogP contribution in [0.1, 0.15) is 6.92 Å². The van der Waals surface area contributed by atoms with Crippen LogP contribution in [0.5, 0.6) is 0 Å². The molecule has 106 valence electrons. The second kappa shape index (κ2) is 5.06. The molecule has 0 aliphatic carbocycles. The zero-order valence-corrected chi connectivity index (χ0v) is 11.2. The molecule has 0 spiro atoms. The Morgan fingerprint density at radius 2 is 2.00 bits per heavy atom. The number of carbonyl (C=O) groups is 1. The molecule has 0 bridgehead atoms. The molecule has 0 radical (unpaired) electrons. The average Bonchev–Trinajstić information content (AvgIpc) is 2.37. The molecule has 0 aliphatic heterocycles. The predicted octanol–water partition coefficient (Wildman–Crippen LogP) is 0.544. The Morgan fingerprint density at radius 1 is 1.30 bits per heavy atom. The van der Waals surface area contributed by atoms with Gasteiger partial charge in [-0.2, -0.15) is 4.72 Å². The number of rotatable bonds is 4. The molecule has 8 heteroatoms. The van der Waals surface area contributed by atoms with Crippen LogP contribution in [-0.2, 0) is 14.8 Å². The Balaban J connectivity index is 2.44. The molecular weight excluding hydrogens is 286 g/mol. The van der Waals surface area contributed by atoms with Gasteiger partial charge in [-0.1, -0.05) is 0 Å². The number of carboxylic acid groups (broad SMARTS) is 1. The fraction of sp³-hybridized carbons (Fsp3) is 0.167. The molecule has 0 saturated heterocycles. The lowest BCUT2D eigenvalue weighted by atomic mass is 10.2. The van der Waals surface area contributed by atoms with Crippen molar-refractivity contribution in [1.82, 2.24) is 4.72 Å². The van der Waals surface area contributed by atoms with Gasteiger partial charge in [0, 0.05) is 11.5 Å². The van der Waals surface area contributed by atoms with Crippen LogP contribution in [0, 0.1) is 0 Å². The van der Waals surface area contributed by atoms with Gasteiger partial charge in [0.05, 0.1) is 4.90 Å². The minimum absolute atomic E-state index is 0.105. The summed E-state index contributed by atoms with van der Waals surface area (Å²) in [6, 6.07) is 5.24. The van der Waals surface area contributed by atoms with Crippen molar-refractivity contribution in [2.45, 2.75) is 17.9 Å². The van der Waals surface area contributed by atoms with Crippen LogP contribution in [0.4, 0.5) is 0 Å². The van der Waals surface area contributed by atoms with Crippen molar-refractivity contribution in [3.05, 3.63) is 40.8 Å². The van der Waals surface area contributed by atoms with E-state index in [0.717, 1.165) is 0 Å². The average molecular weight is 297 g/mol. The molecule has 1 atom stereocenters. The molecule has 0 aliphatic rings. The highest BCUT2D eigenvalue weighted by atomic mass is 32.2. The maximum absolute atomic E-state index is 12.0. The topological polar surface area (TPSA) is 114 Å². The molecule has 0 amide bonds. The quantitative estimate of drug-likeness (QED) is 0.796. The normalized spacial score (nSPS) is 13.2. The van der Waals surface area contributed by atoms with Gasteiger partial charge in [0.15, 0.2) is 0 Å². The molecule has 1 unspecified atom stereocenters. The largest absolute Gasteiger partial charge is 0.480 e. The van der Waals surface area contributed by atoms with E-state index in [4.69, 9.17) is 9.52 Å². The van der Waals surface area contributed by atoms with E-state index in [2.05, 4.69) is 0 Å². The summed E-state index contributed by atoms with van der Waals surface area (Å²) in [5.41, 5.74) is -0.284. The minimum atomic E-state index is -3.96. The van der Waals surface area contributed by atoms with E-state index in [0.29, 0.717) is 5.39 Å². The van der Waals surface area contributed by atoms with Crippen LogP contribution in [0.25, 0.3) is 11.0 Å². The first-order valence-electron chi connectivity index (χ1n) is 5.59. The first kappa shape index (κ1) is 14.2. The predicted molar refractivity (Wildman–Crippen MR) is 69.9 cm³/mol. The maximum Gasteiger partial charge on any atom is 0.336 e. The van der Waals surface area contributed by atoms with Crippen LogP contribution >= 0.6 is 0 Å². The first-order valence-corrected chi connectivity index (χ1v) is 7.07. The van der Waals surface area contributed by atoms with E-state index in [1.54, 1.807) is 0 Å². The van der Waals surface area contributed by atoms with Gasteiger partial charge < -0.3 is 9.52 Å². The van der Waals surface area contributed by atoms with Gasteiger partial charge in [0.25, 0.3) is 0 Å². The molecular formula is C12H11NO6S. The molecule has 2 rings (SSSR count). The Bertz CT molecular complexity index is 823. The number of benzene rings is 1. The molecule has 1 aromatic heterocycles. The molecule has 2 N–H and O–H groups in total. The second-order valence-electron chi connectivity index (χ2n) is 4.14. The Labute approximate surface area is 113 Å². The summed E-state index contributed by atoms with van der Waals surface area (Å²) >= 11 is 0. The number of hydrogen-bond donors (Lipinski definition) is 2. The lowest BCUT2D eigenvalue weighted by molar-refractivity contribution is -0.138. The zero-order valence-electron chi connectivity index (χ0n) is 10.4. The highest BCUT2D eigenvalue weighted by Gasteiger charge is 2.21. The SMILES string of the molecule is CC(NS(=O)(=O)c1ccc2oc(=O)ccc2c1)C(=O)O. The monoisotopic (exact) mass is 297 g/mol. The third-order valence-corrected chi connectivity index (χ3v) is 4.14. The van der Waals surface area contributed by atoms with Crippen LogP contribution < -0.4 is 10.3 Å². The summed E-state index contributed by atoms with van der Waals surface area (Å²) in [5, 5.41) is 9.14. The number of nitrogens with one attached hydrogen (secondary N) is 1. The zero-order chi connectivity index (χ0) is 14.9. The Hall–Kier alpha value is -2.19. The fourth-order valence-electron chi connectivity index (χ4n) is 1.57. The third-order valence-electron chi connectivity index (χ3n) is 2.60. The summed E-state index contributed by atoms with van der Waals surface area (Å²) in [6.07, 6.45) is 0. The number of fused-ring (bicyclic) bond motifs is 1. The van der Waals surface area contributed by atoms with E-state index in [9.17, 15) is 18.0 Å². The van der Waals surface area contributed by atoms with Gasteiger partial charge in [0.2, 0.25) is 10.0 Å². The summed E-state index contributed by atoms with van der Waals surface area (Å²) < 4.78 is 30.9. The summed E-state index contributed by atoms with van der Waals surface area (Å²) in [6.45, 7) is 1.22. The molecule has 0 saturated carbocycles. The van der Waals surface area contributed by atoms with E-state index in [-0.39, 0.29) is 10.5 Å². The van der Waals surface area contributed by atoms with Gasteiger partial charge in [-0.05, 0) is 31.2 Å². The summed E-state index contributed by atoms with van der Waals surface area (Å²) in [4.78, 5) is 21.6. The van der Waals surface area contributed by atoms with E-state index in [1.807, 2.05) is 4.72 Å². The van der Waals surface area contributed by atoms with Crippen molar-refractivity contribution in [2.75, 3.05) is 0 Å². The van der Waals surface area contributed by atoms with Crippen LogP contribution in [0.3, 0.4) is 0 Å². The number of sulfonamides is 1.